The van der Waals surface area contributed by atoms with E-state index in [0.29, 0.717) is 12.0 Å². The van der Waals surface area contributed by atoms with Gasteiger partial charge in [0.15, 0.2) is 0 Å². The summed E-state index contributed by atoms with van der Waals surface area (Å²) < 4.78 is 12.9. The predicted molar refractivity (Wildman–Crippen MR) is 55.9 cm³/mol. The molecule has 0 bridgehead atoms. The first-order chi connectivity index (χ1) is 6.95. The standard InChI is InChI=1S/C12H15FO2/c1-3-11(14)8-12(2,15)9-5-4-6-10(13)7-9/h4-7,15H,3,8H2,1-2H3. The summed E-state index contributed by atoms with van der Waals surface area (Å²) in [5.41, 5.74) is -0.848. The number of Topliss-reactive ketones (excluding diaryl/α,β-unsaturated/α-hetero) is 1. The highest BCUT2D eigenvalue weighted by Gasteiger charge is 2.25. The van der Waals surface area contributed by atoms with Crippen molar-refractivity contribution in [1.82, 2.24) is 0 Å². The van der Waals surface area contributed by atoms with E-state index in [-0.39, 0.29) is 12.2 Å². The zero-order chi connectivity index (χ0) is 11.5. The molecule has 1 atom stereocenters. The number of ketones is 1. The van der Waals surface area contributed by atoms with Gasteiger partial charge in [0, 0.05) is 12.8 Å². The van der Waals surface area contributed by atoms with Gasteiger partial charge in [0.1, 0.15) is 11.6 Å². The van der Waals surface area contributed by atoms with E-state index in [2.05, 4.69) is 0 Å². The molecule has 0 aliphatic rings. The second-order valence-electron chi connectivity index (χ2n) is 3.85. The first kappa shape index (κ1) is 11.9. The molecule has 2 nitrogen and oxygen atoms in total. The van der Waals surface area contributed by atoms with E-state index in [9.17, 15) is 14.3 Å². The summed E-state index contributed by atoms with van der Waals surface area (Å²) in [6, 6.07) is 5.70. The normalized spacial score (nSPS) is 14.7. The van der Waals surface area contributed by atoms with E-state index in [4.69, 9.17) is 0 Å². The quantitative estimate of drug-likeness (QED) is 0.828. The van der Waals surface area contributed by atoms with Crippen molar-refractivity contribution in [2.45, 2.75) is 32.3 Å². The van der Waals surface area contributed by atoms with E-state index in [0.717, 1.165) is 0 Å². The third kappa shape index (κ3) is 3.13. The average Bonchev–Trinajstić information content (AvgIpc) is 2.17. The third-order valence-electron chi connectivity index (χ3n) is 2.38. The molecule has 1 unspecified atom stereocenters. The van der Waals surface area contributed by atoms with Gasteiger partial charge in [-0.2, -0.15) is 0 Å². The van der Waals surface area contributed by atoms with Gasteiger partial charge in [-0.3, -0.25) is 4.79 Å². The molecular formula is C12H15FO2. The molecule has 0 aliphatic carbocycles. The van der Waals surface area contributed by atoms with Crippen LogP contribution in [0.15, 0.2) is 24.3 Å². The maximum absolute atomic E-state index is 12.9. The van der Waals surface area contributed by atoms with Gasteiger partial charge in [-0.1, -0.05) is 19.1 Å². The van der Waals surface area contributed by atoms with Crippen LogP contribution in [0, 0.1) is 5.82 Å². The summed E-state index contributed by atoms with van der Waals surface area (Å²) in [6.07, 6.45) is 0.401. The van der Waals surface area contributed by atoms with Gasteiger partial charge in [0.2, 0.25) is 0 Å². The zero-order valence-corrected chi connectivity index (χ0v) is 8.96. The lowest BCUT2D eigenvalue weighted by atomic mass is 9.90. The number of halogens is 1. The molecule has 0 fully saturated rings. The molecule has 0 saturated heterocycles. The lowest BCUT2D eigenvalue weighted by Gasteiger charge is -2.22. The Morgan fingerprint density at radius 2 is 2.20 bits per heavy atom. The van der Waals surface area contributed by atoms with Crippen LogP contribution < -0.4 is 0 Å². The smallest absolute Gasteiger partial charge is 0.135 e. The summed E-state index contributed by atoms with van der Waals surface area (Å²) in [5.74, 6) is -0.444. The highest BCUT2D eigenvalue weighted by Crippen LogP contribution is 2.25. The van der Waals surface area contributed by atoms with Gasteiger partial charge in [0.25, 0.3) is 0 Å². The molecule has 0 radical (unpaired) electrons. The van der Waals surface area contributed by atoms with E-state index in [1.54, 1.807) is 13.0 Å². The van der Waals surface area contributed by atoms with Crippen LogP contribution in [-0.4, -0.2) is 10.9 Å². The average molecular weight is 210 g/mol. The van der Waals surface area contributed by atoms with Crippen LogP contribution in [-0.2, 0) is 10.4 Å². The Morgan fingerprint density at radius 1 is 1.53 bits per heavy atom. The monoisotopic (exact) mass is 210 g/mol. The van der Waals surface area contributed by atoms with Gasteiger partial charge in [-0.25, -0.2) is 4.39 Å². The SMILES string of the molecule is CCC(=O)CC(C)(O)c1cccc(F)c1. The first-order valence-corrected chi connectivity index (χ1v) is 4.96. The minimum atomic E-state index is -1.28. The number of aliphatic hydroxyl groups is 1. The highest BCUT2D eigenvalue weighted by atomic mass is 19.1. The Morgan fingerprint density at radius 3 is 2.73 bits per heavy atom. The number of rotatable bonds is 4. The van der Waals surface area contributed by atoms with Crippen LogP contribution in [0.4, 0.5) is 4.39 Å². The minimum Gasteiger partial charge on any atom is -0.385 e. The molecule has 82 valence electrons. The van der Waals surface area contributed by atoms with Crippen LogP contribution in [0.5, 0.6) is 0 Å². The fraction of sp³-hybridized carbons (Fsp3) is 0.417. The molecule has 15 heavy (non-hydrogen) atoms. The Hall–Kier alpha value is -1.22. The molecule has 1 aromatic carbocycles. The van der Waals surface area contributed by atoms with Crippen molar-refractivity contribution in [2.75, 3.05) is 0 Å². The predicted octanol–water partition coefficient (Wildman–Crippen LogP) is 2.40. The molecule has 0 spiro atoms. The third-order valence-corrected chi connectivity index (χ3v) is 2.38. The number of carbonyl (C=O) groups is 1. The molecule has 0 aromatic heterocycles. The molecule has 1 rings (SSSR count). The lowest BCUT2D eigenvalue weighted by Crippen LogP contribution is -2.25. The Bertz CT molecular complexity index is 358. The molecule has 0 saturated carbocycles. The minimum absolute atomic E-state index is 0.0208. The van der Waals surface area contributed by atoms with Crippen molar-refractivity contribution in [2.24, 2.45) is 0 Å². The van der Waals surface area contributed by atoms with E-state index < -0.39 is 11.4 Å². The van der Waals surface area contributed by atoms with Crippen LogP contribution in [0.25, 0.3) is 0 Å². The Kier molecular flexibility index (Phi) is 3.58. The van der Waals surface area contributed by atoms with Crippen molar-refractivity contribution >= 4 is 5.78 Å². The molecule has 1 N–H and O–H groups in total. The Labute approximate surface area is 88.7 Å². The van der Waals surface area contributed by atoms with Gasteiger partial charge in [0.05, 0.1) is 5.60 Å². The molecule has 0 aliphatic heterocycles. The molecule has 1 aromatic rings. The summed E-state index contributed by atoms with van der Waals surface area (Å²) >= 11 is 0. The number of hydrogen-bond donors (Lipinski definition) is 1. The van der Waals surface area contributed by atoms with E-state index in [1.807, 2.05) is 0 Å². The number of hydrogen-bond acceptors (Lipinski definition) is 2. The second-order valence-corrected chi connectivity index (χ2v) is 3.85. The molecule has 0 heterocycles. The van der Waals surface area contributed by atoms with Crippen molar-refractivity contribution in [3.05, 3.63) is 35.6 Å². The van der Waals surface area contributed by atoms with Crippen LogP contribution in [0.1, 0.15) is 32.3 Å². The van der Waals surface area contributed by atoms with Gasteiger partial charge < -0.3 is 5.11 Å². The van der Waals surface area contributed by atoms with Crippen LogP contribution >= 0.6 is 0 Å². The van der Waals surface area contributed by atoms with Crippen LogP contribution in [0.2, 0.25) is 0 Å². The summed E-state index contributed by atoms with van der Waals surface area (Å²) in [7, 11) is 0. The maximum atomic E-state index is 12.9. The number of carbonyl (C=O) groups excluding carboxylic acids is 1. The second kappa shape index (κ2) is 4.53. The van der Waals surface area contributed by atoms with Crippen molar-refractivity contribution < 1.29 is 14.3 Å². The molecule has 0 amide bonds. The largest absolute Gasteiger partial charge is 0.385 e. The molecular weight excluding hydrogens is 195 g/mol. The topological polar surface area (TPSA) is 37.3 Å². The van der Waals surface area contributed by atoms with Crippen molar-refractivity contribution in [3.63, 3.8) is 0 Å². The number of benzene rings is 1. The first-order valence-electron chi connectivity index (χ1n) is 4.96. The van der Waals surface area contributed by atoms with Crippen molar-refractivity contribution in [3.8, 4) is 0 Å². The summed E-state index contributed by atoms with van der Waals surface area (Å²) in [5, 5.41) is 10.0. The van der Waals surface area contributed by atoms with Gasteiger partial charge in [-0.15, -0.1) is 0 Å². The van der Waals surface area contributed by atoms with Crippen molar-refractivity contribution in [1.29, 1.82) is 0 Å². The fourth-order valence-corrected chi connectivity index (χ4v) is 1.43. The van der Waals surface area contributed by atoms with E-state index in [1.165, 1.54) is 25.1 Å². The van der Waals surface area contributed by atoms with Gasteiger partial charge in [-0.05, 0) is 24.6 Å². The highest BCUT2D eigenvalue weighted by molar-refractivity contribution is 5.79. The summed E-state index contributed by atoms with van der Waals surface area (Å²) in [6.45, 7) is 3.26. The molecule has 3 heteroatoms. The van der Waals surface area contributed by atoms with E-state index >= 15 is 0 Å². The fourth-order valence-electron chi connectivity index (χ4n) is 1.43. The zero-order valence-electron chi connectivity index (χ0n) is 8.96. The van der Waals surface area contributed by atoms with Crippen LogP contribution in [0.3, 0.4) is 0 Å². The lowest BCUT2D eigenvalue weighted by molar-refractivity contribution is -0.123. The Balaban J connectivity index is 2.90. The summed E-state index contributed by atoms with van der Waals surface area (Å²) in [4.78, 5) is 11.2. The maximum Gasteiger partial charge on any atom is 0.135 e. The van der Waals surface area contributed by atoms with Gasteiger partial charge >= 0.3 is 0 Å².